The lowest BCUT2D eigenvalue weighted by Crippen LogP contribution is -1.93. The minimum atomic E-state index is -0.177. The molecule has 0 saturated heterocycles. The zero-order valence-corrected chi connectivity index (χ0v) is 13.4. The molecule has 1 nitrogen and oxygen atoms in total. The van der Waals surface area contributed by atoms with E-state index >= 15 is 0 Å². The van der Waals surface area contributed by atoms with Crippen LogP contribution in [-0.4, -0.2) is 7.11 Å². The van der Waals surface area contributed by atoms with Gasteiger partial charge < -0.3 is 4.74 Å². The summed E-state index contributed by atoms with van der Waals surface area (Å²) in [5.74, 6) is 0.541. The van der Waals surface area contributed by atoms with E-state index in [0.717, 1.165) is 36.1 Å². The second kappa shape index (κ2) is 7.79. The fourth-order valence-electron chi connectivity index (χ4n) is 2.47. The molecule has 0 aliphatic heterocycles. The topological polar surface area (TPSA) is 9.23 Å². The van der Waals surface area contributed by atoms with Gasteiger partial charge in [-0.1, -0.05) is 56.3 Å². The number of hydrogen-bond donors (Lipinski definition) is 0. The van der Waals surface area contributed by atoms with Crippen molar-refractivity contribution >= 4 is 0 Å². The molecule has 0 unspecified atom stereocenters. The Morgan fingerprint density at radius 3 is 2.32 bits per heavy atom. The second-order valence-corrected chi connectivity index (χ2v) is 5.50. The SMILES string of the molecule is C=C(CCc1ccc(-c2ccc(CCC)cc2)c(F)c1)OC. The summed E-state index contributed by atoms with van der Waals surface area (Å²) in [6.07, 6.45) is 3.63. The van der Waals surface area contributed by atoms with E-state index < -0.39 is 0 Å². The van der Waals surface area contributed by atoms with Gasteiger partial charge in [-0.15, -0.1) is 0 Å². The van der Waals surface area contributed by atoms with Crippen molar-refractivity contribution in [3.63, 3.8) is 0 Å². The van der Waals surface area contributed by atoms with E-state index in [-0.39, 0.29) is 5.82 Å². The number of rotatable bonds is 7. The quantitative estimate of drug-likeness (QED) is 0.610. The molecule has 2 aromatic carbocycles. The summed E-state index contributed by atoms with van der Waals surface area (Å²) in [7, 11) is 1.61. The summed E-state index contributed by atoms with van der Waals surface area (Å²) in [4.78, 5) is 0. The lowest BCUT2D eigenvalue weighted by Gasteiger charge is -2.08. The predicted molar refractivity (Wildman–Crippen MR) is 90.3 cm³/mol. The number of benzene rings is 2. The van der Waals surface area contributed by atoms with Crippen LogP contribution in [0.5, 0.6) is 0 Å². The molecule has 0 heterocycles. The summed E-state index contributed by atoms with van der Waals surface area (Å²) in [6, 6.07) is 13.6. The van der Waals surface area contributed by atoms with Gasteiger partial charge in [-0.3, -0.25) is 0 Å². The molecular formula is C20H23FO. The average Bonchev–Trinajstić information content (AvgIpc) is 2.54. The smallest absolute Gasteiger partial charge is 0.131 e. The Hall–Kier alpha value is -2.09. The van der Waals surface area contributed by atoms with Crippen molar-refractivity contribution in [3.05, 3.63) is 71.7 Å². The maximum Gasteiger partial charge on any atom is 0.131 e. The van der Waals surface area contributed by atoms with Crippen LogP contribution < -0.4 is 0 Å². The number of methoxy groups -OCH3 is 1. The summed E-state index contributed by atoms with van der Waals surface area (Å²) in [6.45, 7) is 5.94. The summed E-state index contributed by atoms with van der Waals surface area (Å²) in [5.41, 5.74) is 3.82. The van der Waals surface area contributed by atoms with Crippen molar-refractivity contribution in [1.29, 1.82) is 0 Å². The molecule has 0 fully saturated rings. The molecule has 116 valence electrons. The van der Waals surface area contributed by atoms with E-state index in [9.17, 15) is 4.39 Å². The zero-order valence-electron chi connectivity index (χ0n) is 13.4. The van der Waals surface area contributed by atoms with Gasteiger partial charge >= 0.3 is 0 Å². The highest BCUT2D eigenvalue weighted by molar-refractivity contribution is 5.64. The van der Waals surface area contributed by atoms with E-state index in [1.54, 1.807) is 13.2 Å². The van der Waals surface area contributed by atoms with Crippen LogP contribution in [0, 0.1) is 5.82 Å². The Labute approximate surface area is 132 Å². The van der Waals surface area contributed by atoms with Gasteiger partial charge in [0.25, 0.3) is 0 Å². The first-order valence-electron chi connectivity index (χ1n) is 7.73. The van der Waals surface area contributed by atoms with Crippen LogP contribution in [-0.2, 0) is 17.6 Å². The number of hydrogen-bond acceptors (Lipinski definition) is 1. The van der Waals surface area contributed by atoms with E-state index in [1.807, 2.05) is 24.3 Å². The minimum Gasteiger partial charge on any atom is -0.502 e. The molecular weight excluding hydrogens is 275 g/mol. The molecule has 0 radical (unpaired) electrons. The number of ether oxygens (including phenoxy) is 1. The van der Waals surface area contributed by atoms with Crippen LogP contribution in [0.2, 0.25) is 0 Å². The van der Waals surface area contributed by atoms with Crippen molar-refractivity contribution in [3.8, 4) is 11.1 Å². The summed E-state index contributed by atoms with van der Waals surface area (Å²) < 4.78 is 19.4. The van der Waals surface area contributed by atoms with Crippen LogP contribution in [0.15, 0.2) is 54.8 Å². The molecule has 0 aliphatic carbocycles. The molecule has 0 aliphatic rings. The lowest BCUT2D eigenvalue weighted by molar-refractivity contribution is 0.279. The average molecular weight is 298 g/mol. The fourth-order valence-corrected chi connectivity index (χ4v) is 2.47. The maximum absolute atomic E-state index is 14.3. The molecule has 0 N–H and O–H groups in total. The monoisotopic (exact) mass is 298 g/mol. The van der Waals surface area contributed by atoms with Crippen LogP contribution in [0.1, 0.15) is 30.9 Å². The highest BCUT2D eigenvalue weighted by atomic mass is 19.1. The van der Waals surface area contributed by atoms with Crippen molar-refractivity contribution < 1.29 is 9.13 Å². The first kappa shape index (κ1) is 16.3. The molecule has 0 spiro atoms. The largest absolute Gasteiger partial charge is 0.502 e. The van der Waals surface area contributed by atoms with Crippen molar-refractivity contribution in [1.82, 2.24) is 0 Å². The van der Waals surface area contributed by atoms with Crippen LogP contribution in [0.4, 0.5) is 4.39 Å². The Kier molecular flexibility index (Phi) is 5.76. The van der Waals surface area contributed by atoms with E-state index in [2.05, 4.69) is 25.6 Å². The van der Waals surface area contributed by atoms with Crippen LogP contribution in [0.25, 0.3) is 11.1 Å². The molecule has 22 heavy (non-hydrogen) atoms. The first-order valence-corrected chi connectivity index (χ1v) is 7.73. The van der Waals surface area contributed by atoms with E-state index in [0.29, 0.717) is 12.0 Å². The minimum absolute atomic E-state index is 0.177. The van der Waals surface area contributed by atoms with Crippen LogP contribution >= 0.6 is 0 Å². The van der Waals surface area contributed by atoms with Gasteiger partial charge in [-0.2, -0.15) is 0 Å². The third kappa shape index (κ3) is 4.20. The highest BCUT2D eigenvalue weighted by Crippen LogP contribution is 2.25. The number of allylic oxidation sites excluding steroid dienone is 1. The summed E-state index contributed by atoms with van der Waals surface area (Å²) >= 11 is 0. The predicted octanol–water partition coefficient (Wildman–Crippen LogP) is 5.54. The second-order valence-electron chi connectivity index (χ2n) is 5.50. The maximum atomic E-state index is 14.3. The Bertz CT molecular complexity index is 629. The molecule has 0 atom stereocenters. The van der Waals surface area contributed by atoms with Gasteiger partial charge in [-0.05, 0) is 35.6 Å². The van der Waals surface area contributed by atoms with Crippen molar-refractivity contribution in [2.75, 3.05) is 7.11 Å². The van der Waals surface area contributed by atoms with Gasteiger partial charge in [-0.25, -0.2) is 4.39 Å². The Morgan fingerprint density at radius 1 is 1.05 bits per heavy atom. The third-order valence-corrected chi connectivity index (χ3v) is 3.82. The first-order chi connectivity index (χ1) is 10.6. The zero-order chi connectivity index (χ0) is 15.9. The molecule has 0 bridgehead atoms. The molecule has 0 saturated carbocycles. The van der Waals surface area contributed by atoms with Crippen LogP contribution in [0.3, 0.4) is 0 Å². The third-order valence-electron chi connectivity index (χ3n) is 3.82. The molecule has 2 rings (SSSR count). The fraction of sp³-hybridized carbons (Fsp3) is 0.300. The van der Waals surface area contributed by atoms with Gasteiger partial charge in [0.2, 0.25) is 0 Å². The Morgan fingerprint density at radius 2 is 1.73 bits per heavy atom. The lowest BCUT2D eigenvalue weighted by atomic mass is 9.99. The standard InChI is InChI=1S/C20H23FO/c1-4-5-16-8-11-18(12-9-16)19-13-10-17(14-20(19)21)7-6-15(2)22-3/h8-14H,2,4-7H2,1,3H3. The number of aryl methyl sites for hydroxylation is 2. The van der Waals surface area contributed by atoms with E-state index in [1.165, 1.54) is 5.56 Å². The van der Waals surface area contributed by atoms with Gasteiger partial charge in [0.15, 0.2) is 0 Å². The molecule has 0 amide bonds. The van der Waals surface area contributed by atoms with E-state index in [4.69, 9.17) is 4.74 Å². The van der Waals surface area contributed by atoms with Crippen molar-refractivity contribution in [2.24, 2.45) is 0 Å². The Balaban J connectivity index is 2.13. The molecule has 2 aromatic rings. The number of halogens is 1. The molecule has 0 aromatic heterocycles. The van der Waals surface area contributed by atoms with Gasteiger partial charge in [0, 0.05) is 12.0 Å². The van der Waals surface area contributed by atoms with Crippen molar-refractivity contribution in [2.45, 2.75) is 32.6 Å². The van der Waals surface area contributed by atoms with Gasteiger partial charge in [0.1, 0.15) is 5.82 Å². The normalized spacial score (nSPS) is 10.5. The van der Waals surface area contributed by atoms with Gasteiger partial charge in [0.05, 0.1) is 12.9 Å². The molecule has 2 heteroatoms. The highest BCUT2D eigenvalue weighted by Gasteiger charge is 2.07. The summed E-state index contributed by atoms with van der Waals surface area (Å²) in [5, 5.41) is 0.